The van der Waals surface area contributed by atoms with Crippen molar-refractivity contribution in [1.29, 1.82) is 0 Å². The van der Waals surface area contributed by atoms with Gasteiger partial charge in [-0.25, -0.2) is 4.79 Å². The van der Waals surface area contributed by atoms with Crippen LogP contribution in [0.3, 0.4) is 0 Å². The second kappa shape index (κ2) is 12.0. The molecule has 35 heavy (non-hydrogen) atoms. The van der Waals surface area contributed by atoms with Gasteiger partial charge in [0.1, 0.15) is 5.75 Å². The summed E-state index contributed by atoms with van der Waals surface area (Å²) >= 11 is 0. The summed E-state index contributed by atoms with van der Waals surface area (Å²) < 4.78 is 49.0. The van der Waals surface area contributed by atoms with Crippen molar-refractivity contribution in [3.05, 3.63) is 29.8 Å². The Kier molecular flexibility index (Phi) is 9.37. The highest BCUT2D eigenvalue weighted by atomic mass is 19.4. The van der Waals surface area contributed by atoms with E-state index in [2.05, 4.69) is 4.90 Å². The first kappa shape index (κ1) is 27.2. The molecule has 196 valence electrons. The van der Waals surface area contributed by atoms with Crippen LogP contribution in [0.5, 0.6) is 5.75 Å². The first-order valence-corrected chi connectivity index (χ1v) is 11.8. The number of rotatable bonds is 5. The minimum Gasteiger partial charge on any atom is -0.484 e. The van der Waals surface area contributed by atoms with Gasteiger partial charge >= 0.3 is 12.1 Å². The fourth-order valence-electron chi connectivity index (χ4n) is 4.53. The van der Waals surface area contributed by atoms with Gasteiger partial charge in [-0.2, -0.15) is 13.2 Å². The van der Waals surface area contributed by atoms with E-state index in [0.29, 0.717) is 6.10 Å². The number of carboxylic acids is 1. The van der Waals surface area contributed by atoms with E-state index in [1.165, 1.54) is 5.56 Å². The van der Waals surface area contributed by atoms with E-state index >= 15 is 0 Å². The molecule has 0 aromatic heterocycles. The van der Waals surface area contributed by atoms with Crippen molar-refractivity contribution in [2.45, 2.75) is 38.5 Å². The number of aryl methyl sites for hydroxylation is 1. The number of ether oxygens (including phenoxy) is 3. The predicted octanol–water partition coefficient (Wildman–Crippen LogP) is 2.74. The molecule has 0 radical (unpaired) electrons. The Morgan fingerprint density at radius 1 is 1.11 bits per heavy atom. The van der Waals surface area contributed by atoms with Crippen molar-refractivity contribution in [3.8, 4) is 5.75 Å². The van der Waals surface area contributed by atoms with Gasteiger partial charge in [0.05, 0.1) is 25.9 Å². The lowest BCUT2D eigenvalue weighted by Crippen LogP contribution is -2.45. The number of morpholine rings is 1. The third kappa shape index (κ3) is 8.36. The molecule has 0 bridgehead atoms. The third-order valence-corrected chi connectivity index (χ3v) is 6.65. The van der Waals surface area contributed by atoms with Crippen LogP contribution in [0.1, 0.15) is 24.8 Å². The topological polar surface area (TPSA) is 88.5 Å². The lowest BCUT2D eigenvalue weighted by Gasteiger charge is -2.38. The molecule has 8 nitrogen and oxygen atoms in total. The van der Waals surface area contributed by atoms with Crippen LogP contribution in [0.15, 0.2) is 24.3 Å². The van der Waals surface area contributed by atoms with Crippen molar-refractivity contribution in [1.82, 2.24) is 9.80 Å². The van der Waals surface area contributed by atoms with Gasteiger partial charge in [0.15, 0.2) is 6.61 Å². The highest BCUT2D eigenvalue weighted by Gasteiger charge is 2.43. The molecule has 1 atom stereocenters. The highest BCUT2D eigenvalue weighted by molar-refractivity contribution is 5.77. The summed E-state index contributed by atoms with van der Waals surface area (Å²) in [5, 5.41) is 7.12. The number of aliphatic carboxylic acids is 1. The fraction of sp³-hybridized carbons (Fsp3) is 0.667. The molecule has 3 fully saturated rings. The Morgan fingerprint density at radius 2 is 1.71 bits per heavy atom. The number of piperidine rings is 1. The standard InChI is InChI=1S/C22H32N2O4.C2HF3O2/c1-18-2-4-19(5-3-18)27-16-21(25)24-8-6-22(7-9-24)14-20(28-17-22)15-23-10-12-26-13-11-23;3-2(4,5)1(6)7/h2-5,20H,6-17H2,1H3;(H,6,7). The van der Waals surface area contributed by atoms with Gasteiger partial charge in [0, 0.05) is 32.7 Å². The number of benzene rings is 1. The van der Waals surface area contributed by atoms with Crippen LogP contribution >= 0.6 is 0 Å². The van der Waals surface area contributed by atoms with Crippen molar-refractivity contribution < 1.29 is 42.1 Å². The zero-order chi connectivity index (χ0) is 25.5. The lowest BCUT2D eigenvalue weighted by atomic mass is 9.76. The highest BCUT2D eigenvalue weighted by Crippen LogP contribution is 2.42. The second-order valence-corrected chi connectivity index (χ2v) is 9.34. The number of carbonyl (C=O) groups is 2. The van der Waals surface area contributed by atoms with Crippen molar-refractivity contribution in [3.63, 3.8) is 0 Å². The summed E-state index contributed by atoms with van der Waals surface area (Å²) in [5.41, 5.74) is 1.44. The smallest absolute Gasteiger partial charge is 0.484 e. The second-order valence-electron chi connectivity index (χ2n) is 9.34. The maximum absolute atomic E-state index is 12.5. The number of carbonyl (C=O) groups excluding carboxylic acids is 1. The minimum atomic E-state index is -5.08. The molecule has 0 saturated carbocycles. The van der Waals surface area contributed by atoms with Crippen molar-refractivity contribution in [2.24, 2.45) is 5.41 Å². The van der Waals surface area contributed by atoms with Crippen molar-refractivity contribution >= 4 is 11.9 Å². The number of likely N-dealkylation sites (tertiary alicyclic amines) is 1. The molecule has 4 rings (SSSR count). The average molecular weight is 503 g/mol. The van der Waals surface area contributed by atoms with Crippen LogP contribution in [0.4, 0.5) is 13.2 Å². The summed E-state index contributed by atoms with van der Waals surface area (Å²) in [5.74, 6) is -1.92. The molecular formula is C24H33F3N2O6. The summed E-state index contributed by atoms with van der Waals surface area (Å²) in [6, 6.07) is 7.83. The molecule has 0 aliphatic carbocycles. The van der Waals surface area contributed by atoms with E-state index < -0.39 is 12.1 Å². The number of carboxylic acid groups (broad SMARTS) is 1. The normalized spacial score (nSPS) is 22.4. The molecule has 1 aromatic carbocycles. The fourth-order valence-corrected chi connectivity index (χ4v) is 4.53. The van der Waals surface area contributed by atoms with E-state index in [1.807, 2.05) is 36.1 Å². The van der Waals surface area contributed by atoms with E-state index in [1.54, 1.807) is 0 Å². The van der Waals surface area contributed by atoms with Crippen LogP contribution in [0.2, 0.25) is 0 Å². The van der Waals surface area contributed by atoms with Crippen molar-refractivity contribution in [2.75, 3.05) is 59.2 Å². The Bertz CT molecular complexity index is 835. The molecule has 3 saturated heterocycles. The van der Waals surface area contributed by atoms with E-state index in [4.69, 9.17) is 24.1 Å². The molecule has 1 N–H and O–H groups in total. The Morgan fingerprint density at radius 3 is 2.29 bits per heavy atom. The average Bonchev–Trinajstić information content (AvgIpc) is 3.21. The quantitative estimate of drug-likeness (QED) is 0.663. The lowest BCUT2D eigenvalue weighted by molar-refractivity contribution is -0.192. The first-order valence-electron chi connectivity index (χ1n) is 11.8. The van der Waals surface area contributed by atoms with Crippen LogP contribution in [-0.4, -0.2) is 98.2 Å². The van der Waals surface area contributed by atoms with Gasteiger partial charge in [-0.05, 0) is 43.7 Å². The largest absolute Gasteiger partial charge is 0.490 e. The molecule has 3 heterocycles. The Hall–Kier alpha value is -2.37. The number of hydrogen-bond acceptors (Lipinski definition) is 6. The first-order chi connectivity index (χ1) is 16.6. The maximum atomic E-state index is 12.5. The molecule has 1 unspecified atom stereocenters. The van der Waals surface area contributed by atoms with Gasteiger partial charge in [0.2, 0.25) is 0 Å². The number of nitrogens with zero attached hydrogens (tertiary/aromatic N) is 2. The molecular weight excluding hydrogens is 469 g/mol. The molecule has 1 aromatic rings. The van der Waals surface area contributed by atoms with Gasteiger partial charge < -0.3 is 24.2 Å². The van der Waals surface area contributed by atoms with Gasteiger partial charge in [-0.1, -0.05) is 17.7 Å². The van der Waals surface area contributed by atoms with E-state index in [0.717, 1.165) is 77.6 Å². The van der Waals surface area contributed by atoms with Crippen LogP contribution in [-0.2, 0) is 19.1 Å². The predicted molar refractivity (Wildman–Crippen MR) is 120 cm³/mol. The monoisotopic (exact) mass is 502 g/mol. The summed E-state index contributed by atoms with van der Waals surface area (Å²) in [6.45, 7) is 9.31. The number of alkyl halides is 3. The molecule has 3 aliphatic heterocycles. The molecule has 1 amide bonds. The number of amides is 1. The summed E-state index contributed by atoms with van der Waals surface area (Å²) in [7, 11) is 0. The zero-order valence-corrected chi connectivity index (χ0v) is 19.9. The van der Waals surface area contributed by atoms with Crippen LogP contribution < -0.4 is 4.74 Å². The van der Waals surface area contributed by atoms with E-state index in [-0.39, 0.29) is 17.9 Å². The minimum absolute atomic E-state index is 0.0826. The Labute approximate surface area is 202 Å². The summed E-state index contributed by atoms with van der Waals surface area (Å²) in [6.07, 6.45) is -1.58. The van der Waals surface area contributed by atoms with Gasteiger partial charge in [-0.3, -0.25) is 9.69 Å². The molecule has 11 heteroatoms. The Balaban J connectivity index is 0.000000429. The number of hydrogen-bond donors (Lipinski definition) is 1. The number of halogens is 3. The van der Waals surface area contributed by atoms with E-state index in [9.17, 15) is 18.0 Å². The van der Waals surface area contributed by atoms with Crippen LogP contribution in [0, 0.1) is 12.3 Å². The van der Waals surface area contributed by atoms with Gasteiger partial charge in [-0.15, -0.1) is 0 Å². The van der Waals surface area contributed by atoms with Gasteiger partial charge in [0.25, 0.3) is 5.91 Å². The summed E-state index contributed by atoms with van der Waals surface area (Å²) in [4.78, 5) is 25.8. The zero-order valence-electron chi connectivity index (χ0n) is 19.9. The molecule has 1 spiro atoms. The SMILES string of the molecule is Cc1ccc(OCC(=O)N2CCC3(CC2)COC(CN2CCOCC2)C3)cc1.O=C(O)C(F)(F)F. The maximum Gasteiger partial charge on any atom is 0.490 e. The third-order valence-electron chi connectivity index (χ3n) is 6.65. The molecule has 3 aliphatic rings. The van der Waals surface area contributed by atoms with Crippen LogP contribution in [0.25, 0.3) is 0 Å².